The lowest BCUT2D eigenvalue weighted by molar-refractivity contribution is -0.134. The van der Waals surface area contributed by atoms with E-state index in [4.69, 9.17) is 14.4 Å². The van der Waals surface area contributed by atoms with E-state index in [2.05, 4.69) is 21.2 Å². The number of anilines is 2. The molecule has 250 valence electrons. The fraction of sp³-hybridized carbons (Fsp3) is 0.559. The number of halogens is 2. The first kappa shape index (κ1) is 32.0. The first-order valence-electron chi connectivity index (χ1n) is 16.7. The molecule has 2 amide bonds. The Bertz CT molecular complexity index is 1700. The van der Waals surface area contributed by atoms with Crippen molar-refractivity contribution in [2.75, 3.05) is 49.1 Å². The number of benzene rings is 2. The second-order valence-corrected chi connectivity index (χ2v) is 14.3. The molecule has 1 aromatic heterocycles. The molecular weight excluding hydrogens is 605 g/mol. The molecule has 4 aliphatic heterocycles. The lowest BCUT2D eigenvalue weighted by Gasteiger charge is -2.44. The predicted molar refractivity (Wildman–Crippen MR) is 177 cm³/mol. The van der Waals surface area contributed by atoms with Crippen molar-refractivity contribution in [3.8, 4) is 0 Å². The maximum absolute atomic E-state index is 15.4. The van der Waals surface area contributed by atoms with Gasteiger partial charge in [-0.2, -0.15) is 5.10 Å². The molecule has 0 aliphatic carbocycles. The van der Waals surface area contributed by atoms with Crippen LogP contribution in [0.2, 0.25) is 0 Å². The second kappa shape index (κ2) is 11.9. The summed E-state index contributed by atoms with van der Waals surface area (Å²) >= 11 is 0. The van der Waals surface area contributed by atoms with Crippen molar-refractivity contribution < 1.29 is 27.7 Å². The Morgan fingerprint density at radius 3 is 2.17 bits per heavy atom. The molecule has 13 heteroatoms. The minimum absolute atomic E-state index is 0.0895. The van der Waals surface area contributed by atoms with Crippen molar-refractivity contribution in [3.05, 3.63) is 47.7 Å². The Morgan fingerprint density at radius 1 is 0.851 bits per heavy atom. The van der Waals surface area contributed by atoms with E-state index in [0.717, 1.165) is 61.3 Å². The summed E-state index contributed by atoms with van der Waals surface area (Å²) in [7, 11) is 0.954. The standard InChI is InChI=1S/C34H43BF2N6O4/c1-33(2)34(3,4)47-35(46-33)24-10-11-25(29(37)28(24)36)42-15-13-21(14-16-42)41-17-19-43(20-18-41)26-8-6-7-22-30(39-40(5)31(22)26)23-9-12-27(44)38-32(23)45/h6-8,10-11,21,23H,9,12-20H2,1-5H3,(H,38,44,45). The molecule has 1 unspecified atom stereocenters. The summed E-state index contributed by atoms with van der Waals surface area (Å²) in [6.45, 7) is 12.3. The number of hydrogen-bond acceptors (Lipinski definition) is 8. The van der Waals surface area contributed by atoms with Gasteiger partial charge in [-0.15, -0.1) is 0 Å². The highest BCUT2D eigenvalue weighted by Crippen LogP contribution is 2.38. The number of aromatic nitrogens is 2. The van der Waals surface area contributed by atoms with E-state index in [0.29, 0.717) is 32.0 Å². The fourth-order valence-corrected chi connectivity index (χ4v) is 7.56. The van der Waals surface area contributed by atoms with Gasteiger partial charge in [0, 0.05) is 69.6 Å². The summed E-state index contributed by atoms with van der Waals surface area (Å²) in [5.74, 6) is -2.71. The first-order valence-corrected chi connectivity index (χ1v) is 16.7. The number of rotatable bonds is 5. The molecule has 7 rings (SSSR count). The zero-order valence-electron chi connectivity index (χ0n) is 27.8. The van der Waals surface area contributed by atoms with E-state index < -0.39 is 35.9 Å². The van der Waals surface area contributed by atoms with Gasteiger partial charge >= 0.3 is 7.12 Å². The van der Waals surface area contributed by atoms with Crippen LogP contribution in [-0.2, 0) is 25.9 Å². The van der Waals surface area contributed by atoms with Crippen LogP contribution >= 0.6 is 0 Å². The van der Waals surface area contributed by atoms with Gasteiger partial charge in [-0.1, -0.05) is 18.2 Å². The molecule has 1 N–H and O–H groups in total. The van der Waals surface area contributed by atoms with Crippen LogP contribution in [0.4, 0.5) is 20.2 Å². The highest BCUT2D eigenvalue weighted by atomic mass is 19.2. The average Bonchev–Trinajstić information content (AvgIpc) is 3.49. The number of piperazine rings is 1. The third kappa shape index (κ3) is 5.59. The number of carbonyl (C=O) groups excluding carboxylic acids is 2. The number of carbonyl (C=O) groups is 2. The molecule has 4 fully saturated rings. The summed E-state index contributed by atoms with van der Waals surface area (Å²) in [5, 5.41) is 8.16. The van der Waals surface area contributed by atoms with Crippen LogP contribution < -0.4 is 20.6 Å². The van der Waals surface area contributed by atoms with E-state index >= 15 is 8.78 Å². The Balaban J connectivity index is 0.980. The Labute approximate surface area is 274 Å². The third-order valence-corrected chi connectivity index (χ3v) is 11.0. The molecule has 0 spiro atoms. The van der Waals surface area contributed by atoms with E-state index in [1.807, 2.05) is 56.5 Å². The van der Waals surface area contributed by atoms with Crippen LogP contribution in [0.15, 0.2) is 30.3 Å². The molecule has 0 saturated carbocycles. The van der Waals surface area contributed by atoms with Crippen LogP contribution in [0.5, 0.6) is 0 Å². The number of nitrogens with one attached hydrogen (secondary N) is 1. The van der Waals surface area contributed by atoms with Crippen LogP contribution in [0.1, 0.15) is 65.0 Å². The summed E-state index contributed by atoms with van der Waals surface area (Å²) in [4.78, 5) is 31.2. The van der Waals surface area contributed by atoms with Crippen LogP contribution in [0.3, 0.4) is 0 Å². The van der Waals surface area contributed by atoms with Crippen LogP contribution in [0.25, 0.3) is 10.9 Å². The summed E-state index contributed by atoms with van der Waals surface area (Å²) in [5.41, 5.74) is 1.90. The number of nitrogens with zero attached hydrogens (tertiary/aromatic N) is 5. The van der Waals surface area contributed by atoms with Gasteiger partial charge < -0.3 is 19.1 Å². The number of para-hydroxylation sites is 1. The van der Waals surface area contributed by atoms with Gasteiger partial charge in [0.25, 0.3) is 0 Å². The number of piperidine rings is 2. The van der Waals surface area contributed by atoms with Crippen molar-refractivity contribution in [2.24, 2.45) is 7.05 Å². The van der Waals surface area contributed by atoms with Crippen molar-refractivity contribution >= 4 is 46.7 Å². The topological polar surface area (TPSA) is 92.2 Å². The molecule has 10 nitrogen and oxygen atoms in total. The van der Waals surface area contributed by atoms with E-state index in [9.17, 15) is 9.59 Å². The molecule has 0 bridgehead atoms. The quantitative estimate of drug-likeness (QED) is 0.333. The zero-order valence-corrected chi connectivity index (χ0v) is 27.8. The van der Waals surface area contributed by atoms with Crippen molar-refractivity contribution in [1.82, 2.24) is 20.0 Å². The molecule has 4 saturated heterocycles. The normalized spacial score (nSPS) is 24.0. The maximum Gasteiger partial charge on any atom is 0.497 e. The van der Waals surface area contributed by atoms with E-state index in [1.54, 1.807) is 12.1 Å². The first-order chi connectivity index (χ1) is 22.3. The van der Waals surface area contributed by atoms with Gasteiger partial charge in [0.05, 0.1) is 39.7 Å². The molecule has 5 heterocycles. The number of aryl methyl sites for hydroxylation is 1. The maximum atomic E-state index is 15.4. The van der Waals surface area contributed by atoms with Gasteiger partial charge in [-0.3, -0.25) is 24.5 Å². The van der Waals surface area contributed by atoms with Gasteiger partial charge in [0.15, 0.2) is 11.6 Å². The highest BCUT2D eigenvalue weighted by molar-refractivity contribution is 6.62. The fourth-order valence-electron chi connectivity index (χ4n) is 7.56. The molecule has 3 aromatic rings. The Kier molecular flexibility index (Phi) is 8.08. The summed E-state index contributed by atoms with van der Waals surface area (Å²) in [6.07, 6.45) is 2.52. The Morgan fingerprint density at radius 2 is 1.51 bits per heavy atom. The molecule has 1 atom stereocenters. The van der Waals surface area contributed by atoms with Crippen LogP contribution in [0, 0.1) is 11.6 Å². The summed E-state index contributed by atoms with van der Waals surface area (Å²) < 4.78 is 44.6. The monoisotopic (exact) mass is 648 g/mol. The minimum Gasteiger partial charge on any atom is -0.399 e. The number of hydrogen-bond donors (Lipinski definition) is 1. The van der Waals surface area contributed by atoms with Gasteiger partial charge in [-0.05, 0) is 59.1 Å². The Hall–Kier alpha value is -3.55. The zero-order chi connectivity index (χ0) is 33.2. The highest BCUT2D eigenvalue weighted by Gasteiger charge is 2.52. The largest absolute Gasteiger partial charge is 0.497 e. The lowest BCUT2D eigenvalue weighted by Crippen LogP contribution is -2.53. The van der Waals surface area contributed by atoms with E-state index in [1.165, 1.54) is 0 Å². The van der Waals surface area contributed by atoms with Crippen molar-refractivity contribution in [1.29, 1.82) is 0 Å². The molecule has 4 aliphatic rings. The third-order valence-electron chi connectivity index (χ3n) is 11.0. The number of imide groups is 1. The smallest absolute Gasteiger partial charge is 0.399 e. The lowest BCUT2D eigenvalue weighted by atomic mass is 9.78. The second-order valence-electron chi connectivity index (χ2n) is 14.3. The average molecular weight is 649 g/mol. The van der Waals surface area contributed by atoms with Gasteiger partial charge in [0.1, 0.15) is 0 Å². The summed E-state index contributed by atoms with van der Waals surface area (Å²) in [6, 6.07) is 9.76. The molecule has 0 radical (unpaired) electrons. The minimum atomic E-state index is -0.954. The number of amides is 2. The van der Waals surface area contributed by atoms with E-state index in [-0.39, 0.29) is 23.0 Å². The molecular formula is C34H43BF2N6O4. The SMILES string of the molecule is Cn1nc(C2CCC(=O)NC2=O)c2cccc(N3CCN(C4CCN(c5ccc(B6OC(C)(C)C(C)(C)O6)c(F)c5F)CC4)CC3)c21. The number of fused-ring (bicyclic) bond motifs is 1. The van der Waals surface area contributed by atoms with Gasteiger partial charge in [0.2, 0.25) is 11.8 Å². The molecule has 2 aromatic carbocycles. The van der Waals surface area contributed by atoms with Crippen LogP contribution in [-0.4, -0.2) is 90.1 Å². The van der Waals surface area contributed by atoms with Gasteiger partial charge in [-0.25, -0.2) is 8.78 Å². The predicted octanol–water partition coefficient (Wildman–Crippen LogP) is 3.46. The van der Waals surface area contributed by atoms with Crippen molar-refractivity contribution in [2.45, 2.75) is 76.5 Å². The van der Waals surface area contributed by atoms with Crippen molar-refractivity contribution in [3.63, 3.8) is 0 Å². The molecule has 47 heavy (non-hydrogen) atoms.